The molecule has 3 saturated heterocycles. The average molecular weight is 1140 g/mol. The number of phenolic OH excluding ortho intramolecular Hbond substituents is 1. The van der Waals surface area contributed by atoms with Crippen LogP contribution in [-0.4, -0.2) is 196 Å². The summed E-state index contributed by atoms with van der Waals surface area (Å²) in [5.41, 5.74) is 3.37. The molecule has 4 aromatic rings. The zero-order chi connectivity index (χ0) is 59.7. The topological polar surface area (TPSA) is 377 Å². The van der Waals surface area contributed by atoms with Crippen LogP contribution in [0, 0.1) is 5.92 Å². The van der Waals surface area contributed by atoms with Crippen LogP contribution in [0.3, 0.4) is 0 Å². The van der Waals surface area contributed by atoms with Crippen LogP contribution in [0.5, 0.6) is 11.5 Å². The lowest BCUT2D eigenvalue weighted by Crippen LogP contribution is -2.64. The highest BCUT2D eigenvalue weighted by molar-refractivity contribution is 6.00. The Labute approximate surface area is 473 Å². The van der Waals surface area contributed by atoms with E-state index in [1.54, 1.807) is 12.1 Å². The molecule has 442 valence electrons. The molecule has 24 nitrogen and oxygen atoms in total. The summed E-state index contributed by atoms with van der Waals surface area (Å²) < 4.78 is 5.84. The molecule has 0 bridgehead atoms. The van der Waals surface area contributed by atoms with Crippen molar-refractivity contribution in [1.82, 2.24) is 36.4 Å². The molecule has 15 atom stereocenters. The lowest BCUT2D eigenvalue weighted by Gasteiger charge is -2.34. The maximum absolute atomic E-state index is 14.5. The quantitative estimate of drug-likeness (QED) is 0.0679. The van der Waals surface area contributed by atoms with E-state index in [0.717, 1.165) is 77.5 Å². The van der Waals surface area contributed by atoms with Crippen molar-refractivity contribution in [3.05, 3.63) is 108 Å². The molecule has 24 heteroatoms. The number of aliphatic hydroxyl groups is 8. The molecule has 0 radical (unpaired) electrons. The van der Waals surface area contributed by atoms with E-state index < -0.39 is 152 Å². The predicted octanol–water partition coefficient (Wildman–Crippen LogP) is -0.927. The normalized spacial score (nSPS) is 27.5. The molecule has 3 aliphatic heterocycles. The molecule has 3 aliphatic rings. The summed E-state index contributed by atoms with van der Waals surface area (Å²) in [7, 11) is 0. The van der Waals surface area contributed by atoms with Gasteiger partial charge in [0.2, 0.25) is 35.4 Å². The second kappa shape index (κ2) is 27.5. The Kier molecular flexibility index (Phi) is 20.8. The monoisotopic (exact) mass is 1140 g/mol. The molecule has 3 fully saturated rings. The maximum atomic E-state index is 14.5. The molecule has 0 aliphatic carbocycles. The molecule has 14 N–H and O–H groups in total. The van der Waals surface area contributed by atoms with E-state index in [2.05, 4.69) is 33.5 Å². The van der Waals surface area contributed by atoms with Gasteiger partial charge in [0.05, 0.1) is 31.0 Å². The number of fused-ring (bicyclic) bond motifs is 2. The Hall–Kier alpha value is -7.55. The zero-order valence-corrected chi connectivity index (χ0v) is 45.7. The Morgan fingerprint density at radius 2 is 1.16 bits per heavy atom. The SMILES string of the molecule is CCCCCOc1ccc(-c2ccc(-c3ccc(C(=O)NC4CC(O)[C@@H](O)NC(=O)C5C(O)C(C)CN5C(=O)C([C@H](C)O)NC(=O)C(C(O)C(O)c5ccc(O)cc5)NC(=O)C5CC(O)CN5C(=O)C(C(C)O)NC4=O)cc3)cc2)cc1. The minimum Gasteiger partial charge on any atom is -0.508 e. The minimum absolute atomic E-state index is 0.00973. The summed E-state index contributed by atoms with van der Waals surface area (Å²) in [4.78, 5) is 102. The number of hydrogen-bond donors (Lipinski definition) is 14. The highest BCUT2D eigenvalue weighted by atomic mass is 16.5. The number of nitrogens with one attached hydrogen (secondary N) is 5. The number of carbonyl (C=O) groups is 7. The zero-order valence-electron chi connectivity index (χ0n) is 45.7. The number of amides is 7. The fraction of sp³-hybridized carbons (Fsp3) is 0.466. The third-order valence-electron chi connectivity index (χ3n) is 15.0. The van der Waals surface area contributed by atoms with Gasteiger partial charge in [-0.1, -0.05) is 87.4 Å². The summed E-state index contributed by atoms with van der Waals surface area (Å²) in [6.07, 6.45) is -13.6. The molecule has 0 saturated carbocycles. The molecular formula is C58H73N7O17. The van der Waals surface area contributed by atoms with Crippen molar-refractivity contribution < 1.29 is 84.3 Å². The predicted molar refractivity (Wildman–Crippen MR) is 293 cm³/mol. The van der Waals surface area contributed by atoms with E-state index in [9.17, 15) is 79.5 Å². The van der Waals surface area contributed by atoms with Gasteiger partial charge in [0.1, 0.15) is 66.1 Å². The van der Waals surface area contributed by atoms with Crippen LogP contribution in [0.15, 0.2) is 97.1 Å². The first kappa shape index (κ1) is 62.1. The maximum Gasteiger partial charge on any atom is 0.251 e. The third kappa shape index (κ3) is 14.7. The van der Waals surface area contributed by atoms with Gasteiger partial charge in [0, 0.05) is 37.4 Å². The number of ether oxygens (including phenoxy) is 1. The highest BCUT2D eigenvalue weighted by Gasteiger charge is 2.50. The third-order valence-corrected chi connectivity index (χ3v) is 15.0. The fourth-order valence-corrected chi connectivity index (χ4v) is 10.2. The van der Waals surface area contributed by atoms with Crippen LogP contribution < -0.4 is 31.3 Å². The number of rotatable bonds is 14. The molecule has 7 amide bonds. The van der Waals surface area contributed by atoms with Crippen molar-refractivity contribution in [2.24, 2.45) is 5.92 Å². The lowest BCUT2D eigenvalue weighted by atomic mass is 9.96. The molecule has 0 spiro atoms. The Morgan fingerprint density at radius 1 is 0.634 bits per heavy atom. The number of aromatic hydroxyl groups is 1. The number of phenols is 1. The van der Waals surface area contributed by atoms with Gasteiger partial charge in [-0.25, -0.2) is 0 Å². The molecule has 0 aromatic heterocycles. The van der Waals surface area contributed by atoms with E-state index in [0.29, 0.717) is 12.2 Å². The number of aliphatic hydroxyl groups excluding tert-OH is 8. The largest absolute Gasteiger partial charge is 0.508 e. The summed E-state index contributed by atoms with van der Waals surface area (Å²) in [5, 5.41) is 111. The second-order valence-corrected chi connectivity index (χ2v) is 21.3. The molecule has 7 rings (SSSR count). The number of unbranched alkanes of at least 4 members (excludes halogenated alkanes) is 2. The van der Waals surface area contributed by atoms with Crippen LogP contribution in [0.2, 0.25) is 0 Å². The van der Waals surface area contributed by atoms with Crippen LogP contribution >= 0.6 is 0 Å². The first-order valence-electron chi connectivity index (χ1n) is 27.3. The molecular weight excluding hydrogens is 1070 g/mol. The second-order valence-electron chi connectivity index (χ2n) is 21.3. The van der Waals surface area contributed by atoms with E-state index >= 15 is 0 Å². The first-order valence-corrected chi connectivity index (χ1v) is 27.3. The van der Waals surface area contributed by atoms with Gasteiger partial charge < -0.3 is 87.1 Å². The van der Waals surface area contributed by atoms with E-state index in [4.69, 9.17) is 4.74 Å². The van der Waals surface area contributed by atoms with Crippen LogP contribution in [0.1, 0.15) is 81.8 Å². The van der Waals surface area contributed by atoms with Gasteiger partial charge in [-0.3, -0.25) is 33.6 Å². The van der Waals surface area contributed by atoms with Crippen LogP contribution in [-0.2, 0) is 28.8 Å². The molecule has 3 heterocycles. The van der Waals surface area contributed by atoms with Crippen molar-refractivity contribution in [2.75, 3.05) is 19.7 Å². The standard InChI is InChI=1S/C58H73N7O17/c1-5-6-7-24-82-40-22-18-35(19-23-40)33-10-8-32(9-11-33)34-12-14-37(15-13-34)51(74)59-41-26-43(70)54(77)63-56(79)47-48(71)29(2)27-65(47)58(81)45(31(4)67)61-55(78)46(50(73)49(72)36-16-20-38(68)21-17-36)62-53(76)42-25-39(69)28-64(42)57(80)44(30(3)66)60-52(41)75/h8-23,29-31,39,41-50,54,66-73,77H,5-7,24-28H2,1-4H3,(H,59,74)(H,60,75)(H,61,78)(H,62,76)(H,63,79)/t29?,30?,31-,39?,41?,42?,43?,44?,45?,46?,47?,48?,49?,50?,54+/m0/s1. The number of nitrogens with zero attached hydrogens (tertiary/aromatic N) is 2. The van der Waals surface area contributed by atoms with Crippen molar-refractivity contribution in [3.63, 3.8) is 0 Å². The molecule has 13 unspecified atom stereocenters. The lowest BCUT2D eigenvalue weighted by molar-refractivity contribution is -0.148. The van der Waals surface area contributed by atoms with Gasteiger partial charge in [-0.15, -0.1) is 0 Å². The van der Waals surface area contributed by atoms with Crippen molar-refractivity contribution >= 4 is 41.4 Å². The Bertz CT molecular complexity index is 2880. The van der Waals surface area contributed by atoms with Crippen molar-refractivity contribution in [3.8, 4) is 33.8 Å². The van der Waals surface area contributed by atoms with Crippen molar-refractivity contribution in [2.45, 2.75) is 145 Å². The summed E-state index contributed by atoms with van der Waals surface area (Å²) in [6.45, 7) is 5.47. The smallest absolute Gasteiger partial charge is 0.251 e. The number of benzene rings is 4. The summed E-state index contributed by atoms with van der Waals surface area (Å²) >= 11 is 0. The van der Waals surface area contributed by atoms with E-state index in [1.165, 1.54) is 31.2 Å². The van der Waals surface area contributed by atoms with Gasteiger partial charge in [0.25, 0.3) is 5.91 Å². The molecule has 82 heavy (non-hydrogen) atoms. The van der Waals surface area contributed by atoms with Gasteiger partial charge in [-0.05, 0) is 84.5 Å². The average Bonchev–Trinajstić information content (AvgIpc) is 4.06. The molecule has 4 aromatic carbocycles. The highest BCUT2D eigenvalue weighted by Crippen LogP contribution is 2.30. The number of hydrogen-bond acceptors (Lipinski definition) is 17. The van der Waals surface area contributed by atoms with E-state index in [1.807, 2.05) is 48.5 Å². The minimum atomic E-state index is -2.29. The summed E-state index contributed by atoms with van der Waals surface area (Å²) in [6, 6.07) is 14.7. The van der Waals surface area contributed by atoms with Gasteiger partial charge in [-0.2, -0.15) is 0 Å². The Balaban J connectivity index is 1.18. The fourth-order valence-electron chi connectivity index (χ4n) is 10.2. The summed E-state index contributed by atoms with van der Waals surface area (Å²) in [5.74, 6) is -8.67. The van der Waals surface area contributed by atoms with Gasteiger partial charge >= 0.3 is 0 Å². The van der Waals surface area contributed by atoms with Gasteiger partial charge in [0.15, 0.2) is 6.23 Å². The number of carbonyl (C=O) groups excluding carboxylic acids is 7. The van der Waals surface area contributed by atoms with Crippen molar-refractivity contribution in [1.29, 1.82) is 0 Å². The van der Waals surface area contributed by atoms with Crippen LogP contribution in [0.25, 0.3) is 22.3 Å². The van der Waals surface area contributed by atoms with E-state index in [-0.39, 0.29) is 23.4 Å². The Morgan fingerprint density at radius 3 is 1.72 bits per heavy atom. The van der Waals surface area contributed by atoms with Crippen LogP contribution in [0.4, 0.5) is 0 Å². The first-order chi connectivity index (χ1) is 39.0.